The van der Waals surface area contributed by atoms with Gasteiger partial charge in [-0.3, -0.25) is 4.98 Å². The number of fused-ring (bicyclic) bond motifs is 1. The van der Waals surface area contributed by atoms with Gasteiger partial charge in [-0.15, -0.1) is 0 Å². The first-order valence-corrected chi connectivity index (χ1v) is 8.29. The van der Waals surface area contributed by atoms with E-state index in [9.17, 15) is 5.11 Å². The number of pyridine rings is 1. The Hall–Kier alpha value is -1.41. The van der Waals surface area contributed by atoms with E-state index in [0.717, 1.165) is 35.0 Å². The summed E-state index contributed by atoms with van der Waals surface area (Å²) in [4.78, 5) is 4.53. The monoisotopic (exact) mass is 283 g/mol. The predicted octanol–water partition coefficient (Wildman–Crippen LogP) is 4.94. The summed E-state index contributed by atoms with van der Waals surface area (Å²) < 4.78 is 0. The number of hydrogen-bond acceptors (Lipinski definition) is 2. The summed E-state index contributed by atoms with van der Waals surface area (Å²) in [5.74, 6) is 0.418. The van der Waals surface area contributed by atoms with Gasteiger partial charge in [0.15, 0.2) is 0 Å². The quantitative estimate of drug-likeness (QED) is 0.847. The van der Waals surface area contributed by atoms with Crippen molar-refractivity contribution >= 4 is 10.9 Å². The van der Waals surface area contributed by atoms with Crippen molar-refractivity contribution in [2.75, 3.05) is 0 Å². The smallest absolute Gasteiger partial charge is 0.0818 e. The van der Waals surface area contributed by atoms with Crippen molar-refractivity contribution in [3.8, 4) is 0 Å². The van der Waals surface area contributed by atoms with Crippen LogP contribution in [0.2, 0.25) is 0 Å². The lowest BCUT2D eigenvalue weighted by atomic mass is 9.84. The third-order valence-corrected chi connectivity index (χ3v) is 4.79. The number of aliphatic hydroxyl groups is 1. The average Bonchev–Trinajstić information content (AvgIpc) is 2.46. The van der Waals surface area contributed by atoms with Gasteiger partial charge in [-0.2, -0.15) is 0 Å². The molecule has 0 spiro atoms. The van der Waals surface area contributed by atoms with E-state index in [-0.39, 0.29) is 6.10 Å². The van der Waals surface area contributed by atoms with Gasteiger partial charge in [-0.25, -0.2) is 0 Å². The first-order chi connectivity index (χ1) is 10.2. The highest BCUT2D eigenvalue weighted by Crippen LogP contribution is 2.33. The van der Waals surface area contributed by atoms with Crippen LogP contribution in [0, 0.1) is 12.8 Å². The van der Waals surface area contributed by atoms with E-state index < -0.39 is 0 Å². The zero-order valence-corrected chi connectivity index (χ0v) is 12.9. The van der Waals surface area contributed by atoms with Gasteiger partial charge in [0.05, 0.1) is 11.6 Å². The summed E-state index contributed by atoms with van der Waals surface area (Å²) in [7, 11) is 0. The molecule has 0 amide bonds. The predicted molar refractivity (Wildman–Crippen MR) is 87.2 cm³/mol. The molecule has 1 unspecified atom stereocenters. The highest BCUT2D eigenvalue weighted by Gasteiger charge is 2.21. The first-order valence-electron chi connectivity index (χ1n) is 8.29. The van der Waals surface area contributed by atoms with Crippen LogP contribution in [0.5, 0.6) is 0 Å². The fourth-order valence-corrected chi connectivity index (χ4v) is 3.51. The Morgan fingerprint density at radius 1 is 1.00 bits per heavy atom. The maximum Gasteiger partial charge on any atom is 0.0818 e. The number of nitrogens with zero attached hydrogens (tertiary/aromatic N) is 1. The minimum Gasteiger partial charge on any atom is -0.388 e. The van der Waals surface area contributed by atoms with Crippen LogP contribution < -0.4 is 0 Å². The maximum atomic E-state index is 10.8. The molecule has 21 heavy (non-hydrogen) atoms. The second-order valence-corrected chi connectivity index (χ2v) is 6.45. The molecule has 1 heterocycles. The zero-order valence-electron chi connectivity index (χ0n) is 12.9. The molecule has 0 aliphatic heterocycles. The van der Waals surface area contributed by atoms with E-state index in [1.165, 1.54) is 32.1 Å². The highest BCUT2D eigenvalue weighted by atomic mass is 16.3. The van der Waals surface area contributed by atoms with Gasteiger partial charge in [0.2, 0.25) is 0 Å². The van der Waals surface area contributed by atoms with Crippen molar-refractivity contribution in [3.05, 3.63) is 41.6 Å². The molecule has 2 heteroatoms. The van der Waals surface area contributed by atoms with Crippen LogP contribution in [-0.2, 0) is 0 Å². The van der Waals surface area contributed by atoms with E-state index in [0.29, 0.717) is 5.92 Å². The van der Waals surface area contributed by atoms with E-state index in [2.05, 4.69) is 23.2 Å². The van der Waals surface area contributed by atoms with Gasteiger partial charge >= 0.3 is 0 Å². The van der Waals surface area contributed by atoms with Crippen LogP contribution in [0.15, 0.2) is 30.3 Å². The van der Waals surface area contributed by atoms with Gasteiger partial charge in [0.25, 0.3) is 0 Å². The average molecular weight is 283 g/mol. The van der Waals surface area contributed by atoms with Crippen LogP contribution in [0.4, 0.5) is 0 Å². The maximum absolute atomic E-state index is 10.8. The molecule has 1 aromatic heterocycles. The second kappa shape index (κ2) is 6.57. The Morgan fingerprint density at radius 2 is 1.71 bits per heavy atom. The molecular formula is C19H25NO. The Bertz CT molecular complexity index is 600. The number of rotatable bonds is 2. The molecule has 1 aliphatic carbocycles. The van der Waals surface area contributed by atoms with E-state index >= 15 is 0 Å². The molecule has 1 fully saturated rings. The molecule has 1 N–H and O–H groups in total. The van der Waals surface area contributed by atoms with Gasteiger partial charge in [0.1, 0.15) is 0 Å². The lowest BCUT2D eigenvalue weighted by molar-refractivity contribution is 0.0914. The molecule has 1 aromatic carbocycles. The lowest BCUT2D eigenvalue weighted by Gasteiger charge is -2.25. The second-order valence-electron chi connectivity index (χ2n) is 6.45. The topological polar surface area (TPSA) is 33.1 Å². The van der Waals surface area contributed by atoms with Gasteiger partial charge in [-0.05, 0) is 49.4 Å². The standard InChI is InChI=1S/C19H25NO/c1-14-9-10-16-13-17(11-12-18(16)20-14)19(21)15-7-5-3-2-4-6-8-15/h9-13,15,19,21H,2-8H2,1H3. The molecule has 2 nitrogen and oxygen atoms in total. The molecule has 1 saturated carbocycles. The SMILES string of the molecule is Cc1ccc2cc(C(O)C3CCCCCCC3)ccc2n1. The minimum absolute atomic E-state index is 0.325. The molecule has 112 valence electrons. The zero-order chi connectivity index (χ0) is 14.7. The Morgan fingerprint density at radius 3 is 2.48 bits per heavy atom. The molecular weight excluding hydrogens is 258 g/mol. The Kier molecular flexibility index (Phi) is 4.54. The van der Waals surface area contributed by atoms with E-state index in [1.54, 1.807) is 0 Å². The summed E-state index contributed by atoms with van der Waals surface area (Å²) in [5, 5.41) is 11.9. The van der Waals surface area contributed by atoms with E-state index in [4.69, 9.17) is 0 Å². The lowest BCUT2D eigenvalue weighted by Crippen LogP contribution is -2.14. The number of benzene rings is 1. The third kappa shape index (κ3) is 3.44. The summed E-state index contributed by atoms with van der Waals surface area (Å²) >= 11 is 0. The molecule has 2 aromatic rings. The van der Waals surface area contributed by atoms with Crippen LogP contribution in [0.3, 0.4) is 0 Å². The minimum atomic E-state index is -0.325. The molecule has 0 radical (unpaired) electrons. The first kappa shape index (κ1) is 14.5. The fourth-order valence-electron chi connectivity index (χ4n) is 3.51. The molecule has 1 aliphatic rings. The summed E-state index contributed by atoms with van der Waals surface area (Å²) in [5.41, 5.74) is 3.11. The van der Waals surface area contributed by atoms with Crippen LogP contribution >= 0.6 is 0 Å². The van der Waals surface area contributed by atoms with Gasteiger partial charge in [-0.1, -0.05) is 44.2 Å². The summed E-state index contributed by atoms with van der Waals surface area (Å²) in [6.07, 6.45) is 8.52. The molecule has 0 saturated heterocycles. The van der Waals surface area contributed by atoms with Gasteiger partial charge in [0, 0.05) is 11.1 Å². The summed E-state index contributed by atoms with van der Waals surface area (Å²) in [6, 6.07) is 10.4. The molecule has 3 rings (SSSR count). The van der Waals surface area contributed by atoms with Crippen LogP contribution in [0.25, 0.3) is 10.9 Å². The van der Waals surface area contributed by atoms with Crippen molar-refractivity contribution in [2.24, 2.45) is 5.92 Å². The summed E-state index contributed by atoms with van der Waals surface area (Å²) in [6.45, 7) is 2.01. The Balaban J connectivity index is 1.82. The van der Waals surface area contributed by atoms with Gasteiger partial charge < -0.3 is 5.11 Å². The fraction of sp³-hybridized carbons (Fsp3) is 0.526. The number of hydrogen-bond donors (Lipinski definition) is 1. The van der Waals surface area contributed by atoms with Crippen molar-refractivity contribution in [1.82, 2.24) is 4.98 Å². The largest absolute Gasteiger partial charge is 0.388 e. The molecule has 0 bridgehead atoms. The number of aliphatic hydroxyl groups excluding tert-OH is 1. The molecule has 1 atom stereocenters. The normalized spacial score (nSPS) is 19.1. The highest BCUT2D eigenvalue weighted by molar-refractivity contribution is 5.79. The van der Waals surface area contributed by atoms with Crippen molar-refractivity contribution in [1.29, 1.82) is 0 Å². The van der Waals surface area contributed by atoms with Crippen LogP contribution in [0.1, 0.15) is 62.3 Å². The van der Waals surface area contributed by atoms with Crippen molar-refractivity contribution in [3.63, 3.8) is 0 Å². The van der Waals surface area contributed by atoms with Crippen LogP contribution in [-0.4, -0.2) is 10.1 Å². The number of aromatic nitrogens is 1. The number of aryl methyl sites for hydroxylation is 1. The van der Waals surface area contributed by atoms with Crippen molar-refractivity contribution in [2.45, 2.75) is 58.0 Å². The third-order valence-electron chi connectivity index (χ3n) is 4.79. The van der Waals surface area contributed by atoms with E-state index in [1.807, 2.05) is 19.1 Å². The van der Waals surface area contributed by atoms with Crippen molar-refractivity contribution < 1.29 is 5.11 Å². The Labute approximate surface area is 127 Å².